The molecule has 1 fully saturated rings. The highest BCUT2D eigenvalue weighted by Crippen LogP contribution is 2.29. The Labute approximate surface area is 64.7 Å². The molecule has 2 unspecified atom stereocenters. The first-order chi connectivity index (χ1) is 4.96. The first kappa shape index (κ1) is 6.24. The van der Waals surface area contributed by atoms with Gasteiger partial charge in [0.25, 0.3) is 0 Å². The lowest BCUT2D eigenvalue weighted by atomic mass is 9.74. The van der Waals surface area contributed by atoms with E-state index < -0.39 is 0 Å². The van der Waals surface area contributed by atoms with E-state index in [1.807, 2.05) is 0 Å². The van der Waals surface area contributed by atoms with Crippen LogP contribution in [0.15, 0.2) is 0 Å². The highest BCUT2D eigenvalue weighted by atomic mass is 15.0. The summed E-state index contributed by atoms with van der Waals surface area (Å²) >= 11 is 0. The van der Waals surface area contributed by atoms with Gasteiger partial charge in [0.15, 0.2) is 0 Å². The molecular formula is C9H15N. The van der Waals surface area contributed by atoms with Gasteiger partial charge in [0.2, 0.25) is 0 Å². The van der Waals surface area contributed by atoms with Crippen molar-refractivity contribution in [2.75, 3.05) is 6.54 Å². The first-order valence-corrected chi connectivity index (χ1v) is 3.68. The molecule has 1 saturated heterocycles. The van der Waals surface area contributed by atoms with E-state index in [1.54, 1.807) is 5.31 Å². The van der Waals surface area contributed by atoms with Gasteiger partial charge in [-0.2, -0.15) is 0 Å². The fraction of sp³-hybridized carbons (Fsp3) is 0.778. The van der Waals surface area contributed by atoms with Gasteiger partial charge < -0.3 is 5.31 Å². The summed E-state index contributed by atoms with van der Waals surface area (Å²) < 4.78 is 7.50. The number of nitrogens with one attached hydrogen (secondary N) is 1. The minimum absolute atomic E-state index is 0.136. The Hall–Kier alpha value is -0.480. The van der Waals surface area contributed by atoms with Gasteiger partial charge in [0.1, 0.15) is 1.41 Å². The van der Waals surface area contributed by atoms with E-state index in [9.17, 15) is 0 Å². The van der Waals surface area contributed by atoms with Crippen molar-refractivity contribution in [2.45, 2.75) is 26.8 Å². The Morgan fingerprint density at radius 1 is 1.70 bits per heavy atom. The lowest BCUT2D eigenvalue weighted by molar-refractivity contribution is 0.148. The highest BCUT2D eigenvalue weighted by Gasteiger charge is 2.37. The summed E-state index contributed by atoms with van der Waals surface area (Å²) in [6.07, 6.45) is 5.32. The monoisotopic (exact) mass is 138 g/mol. The lowest BCUT2D eigenvalue weighted by Crippen LogP contribution is -2.58. The van der Waals surface area contributed by atoms with Gasteiger partial charge >= 0.3 is 0 Å². The van der Waals surface area contributed by atoms with Gasteiger partial charge in [-0.05, 0) is 5.41 Å². The molecule has 0 bridgehead atoms. The number of rotatable bonds is 0. The molecule has 10 heavy (non-hydrogen) atoms. The van der Waals surface area contributed by atoms with Crippen molar-refractivity contribution < 1.29 is 1.41 Å². The molecule has 0 radical (unpaired) electrons. The molecule has 0 saturated carbocycles. The zero-order chi connectivity index (χ0) is 8.65. The van der Waals surface area contributed by atoms with Gasteiger partial charge in [-0.15, -0.1) is 12.3 Å². The molecule has 1 N–H and O–H groups in total. The van der Waals surface area contributed by atoms with E-state index in [0.29, 0.717) is 0 Å². The smallest absolute Gasteiger partial charge is 0.123 e. The fourth-order valence-electron chi connectivity index (χ4n) is 1.34. The number of terminal acetylenes is 1. The molecule has 0 aliphatic carbocycles. The third-order valence-electron chi connectivity index (χ3n) is 1.98. The molecule has 1 nitrogen and oxygen atoms in total. The van der Waals surface area contributed by atoms with Crippen LogP contribution >= 0.6 is 0 Å². The maximum Gasteiger partial charge on any atom is 0.123 e. The van der Waals surface area contributed by atoms with Gasteiger partial charge in [0.05, 0.1) is 0 Å². The topological polar surface area (TPSA) is 12.0 Å². The average molecular weight is 138 g/mol. The minimum atomic E-state index is 0.136. The zero-order valence-electron chi connectivity index (χ0n) is 7.89. The van der Waals surface area contributed by atoms with Crippen molar-refractivity contribution in [1.82, 2.24) is 5.31 Å². The van der Waals surface area contributed by atoms with E-state index in [4.69, 9.17) is 7.84 Å². The second-order valence-corrected chi connectivity index (χ2v) is 3.95. The maximum atomic E-state index is 7.50. The molecule has 0 aromatic heterocycles. The zero-order valence-corrected chi connectivity index (χ0v) is 6.89. The molecule has 2 atom stereocenters. The summed E-state index contributed by atoms with van der Waals surface area (Å²) in [5.74, 6) is 3.01. The molecular weight excluding hydrogens is 122 g/mol. The quantitative estimate of drug-likeness (QED) is 0.497. The summed E-state index contributed by atoms with van der Waals surface area (Å²) in [5, 5.41) is 1.59. The van der Waals surface area contributed by atoms with Crippen LogP contribution in [0.1, 0.15) is 20.8 Å². The van der Waals surface area contributed by atoms with Gasteiger partial charge in [-0.3, -0.25) is 0 Å². The molecule has 1 aliphatic rings. The minimum Gasteiger partial charge on any atom is -0.311 e. The fourth-order valence-corrected chi connectivity index (χ4v) is 1.34. The molecule has 56 valence electrons. The predicted octanol–water partition coefficient (Wildman–Crippen LogP) is 1.25. The van der Waals surface area contributed by atoms with Gasteiger partial charge in [0, 0.05) is 18.5 Å². The van der Waals surface area contributed by atoms with E-state index >= 15 is 0 Å². The van der Waals surface area contributed by atoms with E-state index in [-0.39, 0.29) is 17.4 Å². The maximum absolute atomic E-state index is 7.50. The largest absolute Gasteiger partial charge is 0.311 e. The predicted molar refractivity (Wildman–Crippen MR) is 43.6 cm³/mol. The molecule has 1 heteroatoms. The van der Waals surface area contributed by atoms with Gasteiger partial charge in [-0.1, -0.05) is 20.8 Å². The van der Waals surface area contributed by atoms with Gasteiger partial charge in [-0.25, -0.2) is 0 Å². The number of hydrogen-bond donors (Lipinski definition) is 1. The molecule has 0 aromatic rings. The molecule has 0 aromatic carbocycles. The number of hydrogen-bond acceptors (Lipinski definition) is 1. The average Bonchev–Trinajstić information content (AvgIpc) is 1.77. The van der Waals surface area contributed by atoms with Crippen LogP contribution in [0.3, 0.4) is 0 Å². The van der Waals surface area contributed by atoms with E-state index in [2.05, 4.69) is 26.7 Å². The lowest BCUT2D eigenvalue weighted by Gasteiger charge is -2.43. The molecule has 0 spiro atoms. The molecule has 1 heterocycles. The van der Waals surface area contributed by atoms with E-state index in [1.165, 1.54) is 0 Å². The summed E-state index contributed by atoms with van der Waals surface area (Å²) in [6, 6.07) is 0.243. The van der Waals surface area contributed by atoms with Crippen molar-refractivity contribution >= 4 is 0 Å². The molecule has 1 rings (SSSR count). The van der Waals surface area contributed by atoms with Crippen molar-refractivity contribution in [1.29, 1.82) is 0 Å². The Bertz CT molecular complexity index is 187. The molecule has 1 aliphatic heterocycles. The second kappa shape index (κ2) is 2.29. The van der Waals surface area contributed by atoms with Crippen molar-refractivity contribution in [3.8, 4) is 12.3 Å². The Balaban J connectivity index is 2.65. The Kier molecular flexibility index (Phi) is 1.43. The van der Waals surface area contributed by atoms with Crippen LogP contribution in [0.25, 0.3) is 0 Å². The van der Waals surface area contributed by atoms with Crippen LogP contribution in [-0.2, 0) is 0 Å². The third kappa shape index (κ3) is 1.17. The summed E-state index contributed by atoms with van der Waals surface area (Å²) in [5.41, 5.74) is 0.136. The SMILES string of the molecule is [2H]N1CC(C#C)C1C(C)(C)C. The summed E-state index contributed by atoms with van der Waals surface area (Å²) in [6.45, 7) is 7.12. The highest BCUT2D eigenvalue weighted by molar-refractivity contribution is 5.09. The molecule has 0 amide bonds. The second-order valence-electron chi connectivity index (χ2n) is 3.95. The van der Waals surface area contributed by atoms with Crippen LogP contribution in [0.4, 0.5) is 0 Å². The van der Waals surface area contributed by atoms with Crippen LogP contribution in [0.2, 0.25) is 1.41 Å². The first-order valence-electron chi connectivity index (χ1n) is 4.13. The third-order valence-corrected chi connectivity index (χ3v) is 1.98. The Morgan fingerprint density at radius 2 is 2.30 bits per heavy atom. The standard InChI is InChI=1S/C9H15N/c1-5-7-6-10-8(7)9(2,3)4/h1,7-8,10H,6H2,2-4H3/i/hD. The van der Waals surface area contributed by atoms with Crippen LogP contribution in [0.5, 0.6) is 0 Å². The van der Waals surface area contributed by atoms with Crippen molar-refractivity contribution in [3.63, 3.8) is 0 Å². The van der Waals surface area contributed by atoms with Crippen LogP contribution in [-0.4, -0.2) is 12.6 Å². The van der Waals surface area contributed by atoms with Crippen LogP contribution in [0, 0.1) is 23.7 Å². The normalized spacial score (nSPS) is 36.0. The van der Waals surface area contributed by atoms with E-state index in [0.717, 1.165) is 6.54 Å². The Morgan fingerprint density at radius 3 is 2.50 bits per heavy atom. The summed E-state index contributed by atoms with van der Waals surface area (Å²) in [7, 11) is 0. The van der Waals surface area contributed by atoms with Crippen LogP contribution < -0.4 is 5.31 Å². The summed E-state index contributed by atoms with van der Waals surface area (Å²) in [4.78, 5) is 0. The van der Waals surface area contributed by atoms with Crippen molar-refractivity contribution in [3.05, 3.63) is 0 Å². The van der Waals surface area contributed by atoms with Crippen molar-refractivity contribution in [2.24, 2.45) is 11.3 Å².